The Hall–Kier alpha value is -2.24. The van der Waals surface area contributed by atoms with Crippen LogP contribution in [0.5, 0.6) is 0 Å². The second-order valence-corrected chi connectivity index (χ2v) is 4.80. The number of hydrogen-bond donors (Lipinski definition) is 2. The number of aliphatic hydroxyl groups excluding tert-OH is 1. The van der Waals surface area contributed by atoms with Crippen LogP contribution in [0.15, 0.2) is 54.6 Å². The molecule has 0 aromatic heterocycles. The van der Waals surface area contributed by atoms with Gasteiger partial charge in [0.15, 0.2) is 0 Å². The first-order chi connectivity index (χ1) is 12.2. The van der Waals surface area contributed by atoms with E-state index in [4.69, 9.17) is 0 Å². The maximum atomic E-state index is 10.5. The topological polar surface area (TPSA) is 75.4 Å². The lowest BCUT2D eigenvalue weighted by molar-refractivity contribution is -0.384. The van der Waals surface area contributed by atoms with Crippen LogP contribution in [0.2, 0.25) is 0 Å². The van der Waals surface area contributed by atoms with E-state index in [1.165, 1.54) is 12.1 Å². The molecule has 2 aromatic carbocycles. The van der Waals surface area contributed by atoms with Crippen molar-refractivity contribution in [3.8, 4) is 0 Å². The van der Waals surface area contributed by atoms with E-state index in [-0.39, 0.29) is 5.69 Å². The van der Waals surface area contributed by atoms with E-state index in [0.29, 0.717) is 13.1 Å². The Balaban J connectivity index is 0.00000134. The maximum absolute atomic E-state index is 10.5. The zero-order valence-electron chi connectivity index (χ0n) is 15.6. The summed E-state index contributed by atoms with van der Waals surface area (Å²) in [6.07, 6.45) is 0.238. The van der Waals surface area contributed by atoms with Gasteiger partial charge in [-0.15, -0.1) is 0 Å². The van der Waals surface area contributed by atoms with Crippen molar-refractivity contribution in [1.29, 1.82) is 0 Å². The Morgan fingerprint density at radius 2 is 1.56 bits per heavy atom. The van der Waals surface area contributed by atoms with Crippen molar-refractivity contribution in [2.24, 2.45) is 0 Å². The molecule has 5 heteroatoms. The van der Waals surface area contributed by atoms with Gasteiger partial charge in [-0.3, -0.25) is 10.1 Å². The van der Waals surface area contributed by atoms with Gasteiger partial charge in [0.25, 0.3) is 5.69 Å². The molecule has 0 saturated carbocycles. The fourth-order valence-electron chi connectivity index (χ4n) is 2.05. The number of rotatable bonds is 7. The van der Waals surface area contributed by atoms with Crippen LogP contribution in [0.1, 0.15) is 44.9 Å². The third-order valence-corrected chi connectivity index (χ3v) is 3.26. The second kappa shape index (κ2) is 14.1. The van der Waals surface area contributed by atoms with Crippen LogP contribution in [0.3, 0.4) is 0 Å². The number of benzene rings is 2. The highest BCUT2D eigenvalue weighted by molar-refractivity contribution is 5.32. The summed E-state index contributed by atoms with van der Waals surface area (Å²) >= 11 is 0. The fourth-order valence-corrected chi connectivity index (χ4v) is 2.05. The molecule has 0 saturated heterocycles. The predicted octanol–water partition coefficient (Wildman–Crippen LogP) is 4.51. The van der Waals surface area contributed by atoms with Gasteiger partial charge in [-0.1, -0.05) is 70.2 Å². The van der Waals surface area contributed by atoms with Crippen molar-refractivity contribution in [2.75, 3.05) is 13.1 Å². The Labute approximate surface area is 150 Å². The quantitative estimate of drug-likeness (QED) is 0.439. The van der Waals surface area contributed by atoms with E-state index in [1.807, 2.05) is 58.0 Å². The Morgan fingerprint density at radius 3 is 2.08 bits per heavy atom. The molecule has 0 heterocycles. The number of aliphatic hydroxyl groups is 1. The SMILES string of the molecule is CC.CC.O=[N+]([O-])c1ccc(CCNC[C@H](O)c2ccccc2)cc1. The molecule has 25 heavy (non-hydrogen) atoms. The fraction of sp³-hybridized carbons (Fsp3) is 0.400. The van der Waals surface area contributed by atoms with Gasteiger partial charge in [0, 0.05) is 18.7 Å². The standard InChI is InChI=1S/C16H18N2O3.2C2H6/c19-16(14-4-2-1-3-5-14)12-17-11-10-13-6-8-15(9-7-13)18(20)21;2*1-2/h1-9,16-17,19H,10-12H2;2*1-2H3/t16-;;/m0../s1. The van der Waals surface area contributed by atoms with E-state index in [0.717, 1.165) is 17.5 Å². The van der Waals surface area contributed by atoms with Crippen molar-refractivity contribution in [3.63, 3.8) is 0 Å². The minimum atomic E-state index is -0.525. The molecule has 0 spiro atoms. The third-order valence-electron chi connectivity index (χ3n) is 3.26. The smallest absolute Gasteiger partial charge is 0.269 e. The van der Waals surface area contributed by atoms with Crippen molar-refractivity contribution in [3.05, 3.63) is 75.8 Å². The van der Waals surface area contributed by atoms with E-state index in [9.17, 15) is 15.2 Å². The van der Waals surface area contributed by atoms with Crippen molar-refractivity contribution in [2.45, 2.75) is 40.2 Å². The highest BCUT2D eigenvalue weighted by Gasteiger charge is 2.06. The van der Waals surface area contributed by atoms with E-state index >= 15 is 0 Å². The molecule has 5 nitrogen and oxygen atoms in total. The van der Waals surface area contributed by atoms with Gasteiger partial charge >= 0.3 is 0 Å². The highest BCUT2D eigenvalue weighted by atomic mass is 16.6. The lowest BCUT2D eigenvalue weighted by Gasteiger charge is -2.12. The highest BCUT2D eigenvalue weighted by Crippen LogP contribution is 2.12. The molecule has 0 aliphatic carbocycles. The summed E-state index contributed by atoms with van der Waals surface area (Å²) in [4.78, 5) is 10.1. The van der Waals surface area contributed by atoms with Crippen LogP contribution < -0.4 is 5.32 Å². The van der Waals surface area contributed by atoms with Crippen molar-refractivity contribution >= 4 is 5.69 Å². The molecule has 0 bridgehead atoms. The monoisotopic (exact) mass is 346 g/mol. The molecule has 0 aliphatic rings. The second-order valence-electron chi connectivity index (χ2n) is 4.80. The summed E-state index contributed by atoms with van der Waals surface area (Å²) in [7, 11) is 0. The zero-order valence-corrected chi connectivity index (χ0v) is 15.6. The zero-order chi connectivity index (χ0) is 19.1. The molecule has 2 aromatic rings. The van der Waals surface area contributed by atoms with Gasteiger partial charge < -0.3 is 10.4 Å². The normalized spacial score (nSPS) is 10.6. The molecule has 0 radical (unpaired) electrons. The first-order valence-electron chi connectivity index (χ1n) is 8.84. The average molecular weight is 346 g/mol. The number of nitro benzene ring substituents is 1. The summed E-state index contributed by atoms with van der Waals surface area (Å²) in [5.74, 6) is 0. The van der Waals surface area contributed by atoms with Crippen LogP contribution in [0.4, 0.5) is 5.69 Å². The minimum Gasteiger partial charge on any atom is -0.387 e. The minimum absolute atomic E-state index is 0.103. The molecule has 0 fully saturated rings. The predicted molar refractivity (Wildman–Crippen MR) is 104 cm³/mol. The van der Waals surface area contributed by atoms with E-state index in [2.05, 4.69) is 5.32 Å². The number of nitrogens with one attached hydrogen (secondary N) is 1. The Kier molecular flexibility index (Phi) is 12.9. The molecule has 1 atom stereocenters. The first kappa shape index (κ1) is 22.8. The lowest BCUT2D eigenvalue weighted by atomic mass is 10.1. The average Bonchev–Trinajstić information content (AvgIpc) is 2.69. The number of nitro groups is 1. The number of non-ortho nitro benzene ring substituents is 1. The van der Waals surface area contributed by atoms with Gasteiger partial charge in [0.1, 0.15) is 0 Å². The number of hydrogen-bond acceptors (Lipinski definition) is 4. The summed E-state index contributed by atoms with van der Waals surface area (Å²) in [6, 6.07) is 16.0. The third kappa shape index (κ3) is 8.98. The Morgan fingerprint density at radius 1 is 1.00 bits per heavy atom. The van der Waals surface area contributed by atoms with Gasteiger partial charge in [-0.25, -0.2) is 0 Å². The first-order valence-corrected chi connectivity index (χ1v) is 8.84. The number of nitrogens with zero attached hydrogens (tertiary/aromatic N) is 1. The molecular formula is C20H30N2O3. The van der Waals surface area contributed by atoms with Gasteiger partial charge in [0.2, 0.25) is 0 Å². The Bertz CT molecular complexity index is 571. The van der Waals surface area contributed by atoms with Crippen LogP contribution in [-0.2, 0) is 6.42 Å². The molecule has 0 aliphatic heterocycles. The van der Waals surface area contributed by atoms with Crippen molar-refractivity contribution < 1.29 is 10.0 Å². The van der Waals surface area contributed by atoms with Crippen LogP contribution in [0, 0.1) is 10.1 Å². The summed E-state index contributed by atoms with van der Waals surface area (Å²) < 4.78 is 0. The van der Waals surface area contributed by atoms with Gasteiger partial charge in [0.05, 0.1) is 11.0 Å². The molecule has 138 valence electrons. The maximum Gasteiger partial charge on any atom is 0.269 e. The van der Waals surface area contributed by atoms with Crippen LogP contribution >= 0.6 is 0 Å². The van der Waals surface area contributed by atoms with Crippen LogP contribution in [0.25, 0.3) is 0 Å². The molecule has 0 unspecified atom stereocenters. The molecule has 2 rings (SSSR count). The van der Waals surface area contributed by atoms with Crippen molar-refractivity contribution in [1.82, 2.24) is 5.32 Å². The summed E-state index contributed by atoms with van der Waals surface area (Å²) in [5, 5.41) is 23.7. The van der Waals surface area contributed by atoms with Gasteiger partial charge in [-0.05, 0) is 24.1 Å². The van der Waals surface area contributed by atoms with E-state index < -0.39 is 11.0 Å². The largest absolute Gasteiger partial charge is 0.387 e. The van der Waals surface area contributed by atoms with Crippen LogP contribution in [-0.4, -0.2) is 23.1 Å². The molecular weight excluding hydrogens is 316 g/mol. The molecule has 2 N–H and O–H groups in total. The van der Waals surface area contributed by atoms with E-state index in [1.54, 1.807) is 12.1 Å². The lowest BCUT2D eigenvalue weighted by Crippen LogP contribution is -2.23. The summed E-state index contributed by atoms with van der Waals surface area (Å²) in [6.45, 7) is 9.19. The van der Waals surface area contributed by atoms with Gasteiger partial charge in [-0.2, -0.15) is 0 Å². The summed E-state index contributed by atoms with van der Waals surface area (Å²) in [5.41, 5.74) is 2.02. The molecule has 0 amide bonds.